The van der Waals surface area contributed by atoms with Gasteiger partial charge in [0.05, 0.1) is 16.3 Å². The highest BCUT2D eigenvalue weighted by Crippen LogP contribution is 2.38. The van der Waals surface area contributed by atoms with E-state index in [-0.39, 0.29) is 24.7 Å². The number of fused-ring (bicyclic) bond motifs is 1. The summed E-state index contributed by atoms with van der Waals surface area (Å²) in [6.07, 6.45) is 5.42. The maximum Gasteiger partial charge on any atom is 0.303 e. The Morgan fingerprint density at radius 3 is 2.79 bits per heavy atom. The molecule has 7 heteroatoms. The van der Waals surface area contributed by atoms with Crippen molar-refractivity contribution in [1.82, 2.24) is 4.98 Å². The molecule has 1 aliphatic rings. The van der Waals surface area contributed by atoms with Gasteiger partial charge in [0.2, 0.25) is 0 Å². The SMILES string of the molecule is Nc1nc2ccc(-c3cc(CCC(=O)O)cc(F)c3OC3CCCCC3)cc2s1. The Morgan fingerprint density at radius 2 is 2.03 bits per heavy atom. The van der Waals surface area contributed by atoms with E-state index in [1.165, 1.54) is 23.8 Å². The van der Waals surface area contributed by atoms with Gasteiger partial charge in [-0.3, -0.25) is 4.79 Å². The van der Waals surface area contributed by atoms with Crippen molar-refractivity contribution in [3.05, 3.63) is 41.7 Å². The number of carboxylic acid groups (broad SMARTS) is 1. The van der Waals surface area contributed by atoms with Gasteiger partial charge < -0.3 is 15.6 Å². The first kappa shape index (κ1) is 19.6. The normalized spacial score (nSPS) is 14.9. The number of benzene rings is 2. The van der Waals surface area contributed by atoms with Gasteiger partial charge in [-0.1, -0.05) is 23.8 Å². The molecule has 0 bridgehead atoms. The largest absolute Gasteiger partial charge is 0.487 e. The van der Waals surface area contributed by atoms with E-state index < -0.39 is 11.8 Å². The van der Waals surface area contributed by atoms with E-state index in [1.54, 1.807) is 0 Å². The number of aliphatic carboxylic acids is 1. The summed E-state index contributed by atoms with van der Waals surface area (Å²) in [5.41, 5.74) is 8.71. The Balaban J connectivity index is 1.76. The number of carbonyl (C=O) groups is 1. The summed E-state index contributed by atoms with van der Waals surface area (Å²) in [5, 5.41) is 9.47. The molecule has 1 fully saturated rings. The monoisotopic (exact) mass is 414 g/mol. The van der Waals surface area contributed by atoms with Crippen LogP contribution >= 0.6 is 11.3 Å². The quantitative estimate of drug-likeness (QED) is 0.563. The zero-order valence-corrected chi connectivity index (χ0v) is 16.8. The van der Waals surface area contributed by atoms with E-state index in [4.69, 9.17) is 15.6 Å². The Bertz CT molecular complexity index is 1040. The molecule has 1 saturated carbocycles. The van der Waals surface area contributed by atoms with Gasteiger partial charge in [0.15, 0.2) is 16.7 Å². The molecule has 0 saturated heterocycles. The fourth-order valence-electron chi connectivity index (χ4n) is 3.84. The number of anilines is 1. The molecule has 2 aromatic carbocycles. The summed E-state index contributed by atoms with van der Waals surface area (Å²) >= 11 is 1.38. The molecule has 0 spiro atoms. The van der Waals surface area contributed by atoms with E-state index in [9.17, 15) is 4.79 Å². The van der Waals surface area contributed by atoms with Gasteiger partial charge in [0.25, 0.3) is 0 Å². The molecular formula is C22H23FN2O3S. The number of hydrogen-bond donors (Lipinski definition) is 2. The fraction of sp³-hybridized carbons (Fsp3) is 0.364. The predicted molar refractivity (Wildman–Crippen MR) is 113 cm³/mol. The number of carboxylic acids is 1. The Kier molecular flexibility index (Phi) is 5.67. The van der Waals surface area contributed by atoms with Crippen molar-refractivity contribution in [3.8, 4) is 16.9 Å². The second-order valence-electron chi connectivity index (χ2n) is 7.46. The second kappa shape index (κ2) is 8.37. The van der Waals surface area contributed by atoms with Gasteiger partial charge in [-0.15, -0.1) is 0 Å². The smallest absolute Gasteiger partial charge is 0.303 e. The average Bonchev–Trinajstić information content (AvgIpc) is 3.08. The molecule has 0 unspecified atom stereocenters. The minimum Gasteiger partial charge on any atom is -0.487 e. The summed E-state index contributed by atoms with van der Waals surface area (Å²) in [7, 11) is 0. The maximum absolute atomic E-state index is 15.1. The van der Waals surface area contributed by atoms with Gasteiger partial charge in [-0.05, 0) is 67.5 Å². The van der Waals surface area contributed by atoms with E-state index in [1.807, 2.05) is 24.3 Å². The number of rotatable bonds is 6. The van der Waals surface area contributed by atoms with Crippen LogP contribution in [0.25, 0.3) is 21.3 Å². The highest BCUT2D eigenvalue weighted by atomic mass is 32.1. The highest BCUT2D eigenvalue weighted by molar-refractivity contribution is 7.22. The molecular weight excluding hydrogens is 391 g/mol. The number of nitrogens with zero attached hydrogens (tertiary/aromatic N) is 1. The number of halogens is 1. The topological polar surface area (TPSA) is 85.4 Å². The third kappa shape index (κ3) is 4.50. The molecule has 0 radical (unpaired) electrons. The van der Waals surface area contributed by atoms with Crippen LogP contribution in [0.3, 0.4) is 0 Å². The zero-order valence-electron chi connectivity index (χ0n) is 16.0. The van der Waals surface area contributed by atoms with Gasteiger partial charge in [0.1, 0.15) is 0 Å². The van der Waals surface area contributed by atoms with Crippen LogP contribution in [0, 0.1) is 5.82 Å². The Labute approximate surface area is 172 Å². The number of aromatic nitrogens is 1. The molecule has 0 amide bonds. The van der Waals surface area contributed by atoms with Crippen molar-refractivity contribution in [1.29, 1.82) is 0 Å². The predicted octanol–water partition coefficient (Wildman–Crippen LogP) is 5.41. The van der Waals surface area contributed by atoms with Crippen molar-refractivity contribution in [3.63, 3.8) is 0 Å². The molecule has 0 atom stereocenters. The molecule has 3 aromatic rings. The van der Waals surface area contributed by atoms with Gasteiger partial charge >= 0.3 is 5.97 Å². The van der Waals surface area contributed by atoms with Crippen LogP contribution < -0.4 is 10.5 Å². The molecule has 152 valence electrons. The lowest BCUT2D eigenvalue weighted by Gasteiger charge is -2.25. The summed E-state index contributed by atoms with van der Waals surface area (Å²) in [6, 6.07) is 8.92. The lowest BCUT2D eigenvalue weighted by Crippen LogP contribution is -2.20. The Hall–Kier alpha value is -2.67. The van der Waals surface area contributed by atoms with Crippen molar-refractivity contribution >= 4 is 32.7 Å². The third-order valence-corrected chi connectivity index (χ3v) is 6.13. The average molecular weight is 415 g/mol. The molecule has 1 heterocycles. The first-order valence-electron chi connectivity index (χ1n) is 9.87. The van der Waals surface area contributed by atoms with Crippen LogP contribution in [0.4, 0.5) is 9.52 Å². The Morgan fingerprint density at radius 1 is 1.24 bits per heavy atom. The molecule has 1 aromatic heterocycles. The van der Waals surface area contributed by atoms with Crippen molar-refractivity contribution in [2.24, 2.45) is 0 Å². The molecule has 5 nitrogen and oxygen atoms in total. The van der Waals surface area contributed by atoms with Gasteiger partial charge in [-0.25, -0.2) is 9.37 Å². The summed E-state index contributed by atoms with van der Waals surface area (Å²) in [4.78, 5) is 15.2. The number of hydrogen-bond acceptors (Lipinski definition) is 5. The fourth-order valence-corrected chi connectivity index (χ4v) is 4.61. The van der Waals surface area contributed by atoms with E-state index >= 15 is 4.39 Å². The third-order valence-electron chi connectivity index (χ3n) is 5.28. The summed E-state index contributed by atoms with van der Waals surface area (Å²) in [6.45, 7) is 0. The van der Waals surface area contributed by atoms with Crippen molar-refractivity contribution in [2.45, 2.75) is 51.0 Å². The molecule has 0 aliphatic heterocycles. The molecule has 29 heavy (non-hydrogen) atoms. The van der Waals surface area contributed by atoms with E-state index in [0.717, 1.165) is 41.5 Å². The molecule has 1 aliphatic carbocycles. The van der Waals surface area contributed by atoms with Gasteiger partial charge in [-0.2, -0.15) is 0 Å². The number of thiazole rings is 1. The molecule has 4 rings (SSSR count). The second-order valence-corrected chi connectivity index (χ2v) is 8.52. The first-order chi connectivity index (χ1) is 14.0. The highest BCUT2D eigenvalue weighted by Gasteiger charge is 2.21. The number of aryl methyl sites for hydroxylation is 1. The lowest BCUT2D eigenvalue weighted by molar-refractivity contribution is -0.136. The van der Waals surface area contributed by atoms with Crippen LogP contribution in [0.15, 0.2) is 30.3 Å². The van der Waals surface area contributed by atoms with E-state index in [0.29, 0.717) is 16.3 Å². The minimum atomic E-state index is -0.906. The summed E-state index contributed by atoms with van der Waals surface area (Å²) < 4.78 is 22.1. The lowest BCUT2D eigenvalue weighted by atomic mass is 9.96. The number of nitrogens with two attached hydrogens (primary N) is 1. The summed E-state index contributed by atoms with van der Waals surface area (Å²) in [5.74, 6) is -1.11. The first-order valence-corrected chi connectivity index (χ1v) is 10.7. The number of nitrogen functional groups attached to an aromatic ring is 1. The maximum atomic E-state index is 15.1. The van der Waals surface area contributed by atoms with Crippen LogP contribution in [-0.4, -0.2) is 22.2 Å². The van der Waals surface area contributed by atoms with Gasteiger partial charge in [0, 0.05) is 12.0 Å². The standard InChI is InChI=1S/C22H23FN2O3S/c23-17-11-13(6-9-20(26)27)10-16(21(17)28-15-4-2-1-3-5-15)14-7-8-18-19(12-14)29-22(24)25-18/h7-8,10-12,15H,1-6,9H2,(H2,24,25)(H,26,27). The van der Waals surface area contributed by atoms with Crippen molar-refractivity contribution in [2.75, 3.05) is 5.73 Å². The zero-order chi connectivity index (χ0) is 20.4. The van der Waals surface area contributed by atoms with Crippen LogP contribution in [0.5, 0.6) is 5.75 Å². The van der Waals surface area contributed by atoms with E-state index in [2.05, 4.69) is 4.98 Å². The van der Waals surface area contributed by atoms with Crippen LogP contribution in [0.2, 0.25) is 0 Å². The van der Waals surface area contributed by atoms with Crippen LogP contribution in [-0.2, 0) is 11.2 Å². The molecule has 3 N–H and O–H groups in total. The van der Waals surface area contributed by atoms with Crippen LogP contribution in [0.1, 0.15) is 44.1 Å². The minimum absolute atomic E-state index is 0.00431. The van der Waals surface area contributed by atoms with Crippen molar-refractivity contribution < 1.29 is 19.0 Å². The number of ether oxygens (including phenoxy) is 1.